The van der Waals surface area contributed by atoms with Gasteiger partial charge in [0.1, 0.15) is 17.6 Å². The van der Waals surface area contributed by atoms with Crippen molar-refractivity contribution in [3.8, 4) is 11.5 Å². The standard InChI is InChI=1S/C17H16ClNO3/c1-10-7-11-8-12(18)9-15(16(11)22-10)17(20)19-13-3-5-14(21-2)6-4-13/h3-6,8-10H,7H2,1-2H3,(H,19,20). The van der Waals surface area contributed by atoms with Crippen LogP contribution in [0.15, 0.2) is 36.4 Å². The molecule has 2 aromatic rings. The van der Waals surface area contributed by atoms with Gasteiger partial charge in [0.05, 0.1) is 12.7 Å². The van der Waals surface area contributed by atoms with Crippen LogP contribution in [-0.4, -0.2) is 19.1 Å². The van der Waals surface area contributed by atoms with Crippen LogP contribution in [0.25, 0.3) is 0 Å². The zero-order chi connectivity index (χ0) is 15.7. The summed E-state index contributed by atoms with van der Waals surface area (Å²) >= 11 is 6.11. The molecule has 0 fully saturated rings. The van der Waals surface area contributed by atoms with Crippen LogP contribution in [0.4, 0.5) is 5.69 Å². The number of halogens is 1. The molecule has 0 aromatic heterocycles. The Hall–Kier alpha value is -2.20. The van der Waals surface area contributed by atoms with Crippen molar-refractivity contribution in [3.63, 3.8) is 0 Å². The molecule has 1 aliphatic rings. The molecule has 0 aliphatic carbocycles. The largest absolute Gasteiger partial charge is 0.497 e. The monoisotopic (exact) mass is 317 g/mol. The smallest absolute Gasteiger partial charge is 0.259 e. The summed E-state index contributed by atoms with van der Waals surface area (Å²) in [6.45, 7) is 1.97. The molecule has 0 saturated heterocycles. The molecule has 1 heterocycles. The Morgan fingerprint density at radius 3 is 2.73 bits per heavy atom. The van der Waals surface area contributed by atoms with Gasteiger partial charge in [-0.15, -0.1) is 0 Å². The van der Waals surface area contributed by atoms with Gasteiger partial charge in [-0.3, -0.25) is 4.79 Å². The highest BCUT2D eigenvalue weighted by atomic mass is 35.5. The summed E-state index contributed by atoms with van der Waals surface area (Å²) in [5, 5.41) is 3.39. The van der Waals surface area contributed by atoms with Crippen molar-refractivity contribution in [3.05, 3.63) is 52.5 Å². The fourth-order valence-electron chi connectivity index (χ4n) is 2.53. The van der Waals surface area contributed by atoms with Crippen LogP contribution < -0.4 is 14.8 Å². The van der Waals surface area contributed by atoms with Gasteiger partial charge in [-0.05, 0) is 43.3 Å². The van der Waals surface area contributed by atoms with Crippen molar-refractivity contribution in [2.45, 2.75) is 19.4 Å². The van der Waals surface area contributed by atoms with Crippen LogP contribution in [0.5, 0.6) is 11.5 Å². The predicted octanol–water partition coefficient (Wildman–Crippen LogP) is 3.92. The lowest BCUT2D eigenvalue weighted by Crippen LogP contribution is -2.14. The lowest BCUT2D eigenvalue weighted by atomic mass is 10.1. The highest BCUT2D eigenvalue weighted by molar-refractivity contribution is 6.31. The van der Waals surface area contributed by atoms with Gasteiger partial charge in [0.15, 0.2) is 0 Å². The summed E-state index contributed by atoms with van der Waals surface area (Å²) < 4.78 is 10.8. The molecule has 4 nitrogen and oxygen atoms in total. The van der Waals surface area contributed by atoms with E-state index in [2.05, 4.69) is 5.32 Å². The van der Waals surface area contributed by atoms with Crippen molar-refractivity contribution in [1.29, 1.82) is 0 Å². The average molecular weight is 318 g/mol. The predicted molar refractivity (Wildman–Crippen MR) is 86.2 cm³/mol. The van der Waals surface area contributed by atoms with E-state index in [1.165, 1.54) is 0 Å². The SMILES string of the molecule is COc1ccc(NC(=O)c2cc(Cl)cc3c2OC(C)C3)cc1. The van der Waals surface area contributed by atoms with Gasteiger partial charge in [0.25, 0.3) is 5.91 Å². The maximum atomic E-state index is 12.5. The summed E-state index contributed by atoms with van der Waals surface area (Å²) in [4.78, 5) is 12.5. The highest BCUT2D eigenvalue weighted by Gasteiger charge is 2.26. The zero-order valence-electron chi connectivity index (χ0n) is 12.4. The van der Waals surface area contributed by atoms with Crippen LogP contribution >= 0.6 is 11.6 Å². The number of ether oxygens (including phenoxy) is 2. The molecule has 0 bridgehead atoms. The van der Waals surface area contributed by atoms with E-state index in [0.29, 0.717) is 22.0 Å². The number of anilines is 1. The van der Waals surface area contributed by atoms with Gasteiger partial charge in [0.2, 0.25) is 0 Å². The third-order valence-corrected chi connectivity index (χ3v) is 3.77. The number of fused-ring (bicyclic) bond motifs is 1. The number of rotatable bonds is 3. The fourth-order valence-corrected chi connectivity index (χ4v) is 2.78. The molecule has 1 aliphatic heterocycles. The maximum absolute atomic E-state index is 12.5. The molecular formula is C17H16ClNO3. The second-order valence-corrected chi connectivity index (χ2v) is 5.69. The number of carbonyl (C=O) groups is 1. The van der Waals surface area contributed by atoms with Crippen LogP contribution in [-0.2, 0) is 6.42 Å². The van der Waals surface area contributed by atoms with Gasteiger partial charge in [0, 0.05) is 22.7 Å². The molecule has 0 spiro atoms. The van der Waals surface area contributed by atoms with Crippen LogP contribution in [0, 0.1) is 0 Å². The summed E-state index contributed by atoms with van der Waals surface area (Å²) in [6, 6.07) is 10.6. The van der Waals surface area contributed by atoms with Crippen molar-refractivity contribution in [2.75, 3.05) is 12.4 Å². The minimum absolute atomic E-state index is 0.0565. The number of amides is 1. The summed E-state index contributed by atoms with van der Waals surface area (Å²) in [6.07, 6.45) is 0.819. The molecule has 3 rings (SSSR count). The first-order valence-corrected chi connectivity index (χ1v) is 7.39. The van der Waals surface area contributed by atoms with Crippen LogP contribution in [0.2, 0.25) is 5.02 Å². The lowest BCUT2D eigenvalue weighted by Gasteiger charge is -2.11. The number of benzene rings is 2. The Balaban J connectivity index is 1.86. The van der Waals surface area contributed by atoms with Crippen molar-refractivity contribution in [2.24, 2.45) is 0 Å². The van der Waals surface area contributed by atoms with E-state index < -0.39 is 0 Å². The molecule has 1 amide bonds. The van der Waals surface area contributed by atoms with E-state index in [-0.39, 0.29) is 12.0 Å². The first-order valence-electron chi connectivity index (χ1n) is 7.01. The second-order valence-electron chi connectivity index (χ2n) is 5.26. The summed E-state index contributed by atoms with van der Waals surface area (Å²) in [7, 11) is 1.60. The molecule has 1 atom stereocenters. The molecule has 0 radical (unpaired) electrons. The Bertz CT molecular complexity index is 713. The lowest BCUT2D eigenvalue weighted by molar-refractivity contribution is 0.102. The Morgan fingerprint density at radius 2 is 2.05 bits per heavy atom. The molecule has 1 unspecified atom stereocenters. The fraction of sp³-hybridized carbons (Fsp3) is 0.235. The van der Waals surface area contributed by atoms with Gasteiger partial charge < -0.3 is 14.8 Å². The Labute approximate surface area is 134 Å². The van der Waals surface area contributed by atoms with E-state index in [1.54, 1.807) is 37.4 Å². The first-order chi connectivity index (χ1) is 10.6. The molecule has 114 valence electrons. The Morgan fingerprint density at radius 1 is 1.32 bits per heavy atom. The van der Waals surface area contributed by atoms with Crippen LogP contribution in [0.1, 0.15) is 22.8 Å². The van der Waals surface area contributed by atoms with E-state index in [4.69, 9.17) is 21.1 Å². The molecule has 2 aromatic carbocycles. The van der Waals surface area contributed by atoms with Gasteiger partial charge in [-0.2, -0.15) is 0 Å². The third-order valence-electron chi connectivity index (χ3n) is 3.55. The van der Waals surface area contributed by atoms with E-state index >= 15 is 0 Å². The third kappa shape index (κ3) is 2.88. The van der Waals surface area contributed by atoms with Gasteiger partial charge in [-0.25, -0.2) is 0 Å². The number of hydrogen-bond acceptors (Lipinski definition) is 3. The molecule has 5 heteroatoms. The van der Waals surface area contributed by atoms with E-state index in [1.807, 2.05) is 13.0 Å². The minimum Gasteiger partial charge on any atom is -0.497 e. The van der Waals surface area contributed by atoms with E-state index in [9.17, 15) is 4.79 Å². The van der Waals surface area contributed by atoms with Crippen molar-refractivity contribution < 1.29 is 14.3 Å². The van der Waals surface area contributed by atoms with Crippen LogP contribution in [0.3, 0.4) is 0 Å². The van der Waals surface area contributed by atoms with Gasteiger partial charge in [-0.1, -0.05) is 11.6 Å². The Kier molecular flexibility index (Phi) is 3.94. The quantitative estimate of drug-likeness (QED) is 0.933. The average Bonchev–Trinajstić information content (AvgIpc) is 2.87. The first kappa shape index (κ1) is 14.7. The molecule has 22 heavy (non-hydrogen) atoms. The zero-order valence-corrected chi connectivity index (χ0v) is 13.1. The molecule has 1 N–H and O–H groups in total. The molecule has 0 saturated carbocycles. The van der Waals surface area contributed by atoms with E-state index in [0.717, 1.165) is 17.7 Å². The van der Waals surface area contributed by atoms with Crippen molar-refractivity contribution >= 4 is 23.2 Å². The number of methoxy groups -OCH3 is 1. The maximum Gasteiger partial charge on any atom is 0.259 e. The number of hydrogen-bond donors (Lipinski definition) is 1. The summed E-state index contributed by atoms with van der Waals surface area (Å²) in [5.74, 6) is 1.12. The van der Waals surface area contributed by atoms with Crippen molar-refractivity contribution in [1.82, 2.24) is 0 Å². The number of nitrogens with one attached hydrogen (secondary N) is 1. The minimum atomic E-state index is -0.238. The normalized spacial score (nSPS) is 15.9. The summed E-state index contributed by atoms with van der Waals surface area (Å²) in [5.41, 5.74) is 2.12. The highest BCUT2D eigenvalue weighted by Crippen LogP contribution is 2.35. The number of carbonyl (C=O) groups excluding carboxylic acids is 1. The van der Waals surface area contributed by atoms with Gasteiger partial charge >= 0.3 is 0 Å². The second kappa shape index (κ2) is 5.89. The molecular weight excluding hydrogens is 302 g/mol. The topological polar surface area (TPSA) is 47.6 Å².